The first-order valence-corrected chi connectivity index (χ1v) is 12.7. The molecule has 3 amide bonds. The van der Waals surface area contributed by atoms with Crippen molar-refractivity contribution in [3.63, 3.8) is 0 Å². The molecule has 0 spiro atoms. The number of carbonyl (C=O) groups is 2. The number of nitrogens with zero attached hydrogens (tertiary/aromatic N) is 2. The molecule has 0 bridgehead atoms. The van der Waals surface area contributed by atoms with Gasteiger partial charge < -0.3 is 22.5 Å². The van der Waals surface area contributed by atoms with E-state index in [-0.39, 0.29) is 24.4 Å². The van der Waals surface area contributed by atoms with Crippen molar-refractivity contribution in [1.82, 2.24) is 16.0 Å². The van der Waals surface area contributed by atoms with Crippen LogP contribution < -0.4 is 33.2 Å². The fraction of sp³-hybridized carbons (Fsp3) is 0.133. The molecule has 10 heteroatoms. The molecule has 0 heterocycles. The van der Waals surface area contributed by atoms with Gasteiger partial charge in [-0.25, -0.2) is 14.8 Å². The van der Waals surface area contributed by atoms with Crippen LogP contribution in [0.5, 0.6) is 0 Å². The summed E-state index contributed by atoms with van der Waals surface area (Å²) in [7, 11) is 0. The lowest BCUT2D eigenvalue weighted by Gasteiger charge is -2.09. The molecule has 0 aliphatic heterocycles. The number of urea groups is 1. The molecule has 4 aromatic rings. The molecule has 0 unspecified atom stereocenters. The highest BCUT2D eigenvalue weighted by Crippen LogP contribution is 2.16. The summed E-state index contributed by atoms with van der Waals surface area (Å²) >= 11 is 0. The van der Waals surface area contributed by atoms with Crippen molar-refractivity contribution in [3.05, 3.63) is 119 Å². The van der Waals surface area contributed by atoms with Gasteiger partial charge in [-0.3, -0.25) is 15.4 Å². The maximum Gasteiger partial charge on any atom is 0.328 e. The van der Waals surface area contributed by atoms with E-state index in [9.17, 15) is 9.59 Å². The Morgan fingerprint density at radius 2 is 1.23 bits per heavy atom. The first kappa shape index (κ1) is 27.8. The van der Waals surface area contributed by atoms with E-state index in [0.717, 1.165) is 33.0 Å². The van der Waals surface area contributed by atoms with E-state index in [1.54, 1.807) is 0 Å². The Balaban J connectivity index is 1.25. The number of fused-ring (bicyclic) bond motifs is 1. The smallest absolute Gasteiger partial charge is 0.328 e. The second-order valence-electron chi connectivity index (χ2n) is 9.07. The average Bonchev–Trinajstić information content (AvgIpc) is 2.97. The molecular weight excluding hydrogens is 504 g/mol. The van der Waals surface area contributed by atoms with Crippen LogP contribution in [-0.2, 0) is 26.2 Å². The number of hydrogen-bond acceptors (Lipinski definition) is 5. The largest absolute Gasteiger partial charge is 0.370 e. The predicted octanol–water partition coefficient (Wildman–Crippen LogP) is 2.86. The van der Waals surface area contributed by atoms with E-state index in [1.807, 2.05) is 91.0 Å². The van der Waals surface area contributed by atoms with Crippen LogP contribution in [0.4, 0.5) is 4.79 Å². The van der Waals surface area contributed by atoms with Gasteiger partial charge in [-0.15, -0.1) is 0 Å². The number of guanidine groups is 2. The monoisotopic (exact) mass is 536 g/mol. The maximum atomic E-state index is 12.7. The number of aliphatic imine (C=N–C) groups is 2. The van der Waals surface area contributed by atoms with Crippen LogP contribution in [-0.4, -0.2) is 23.9 Å². The summed E-state index contributed by atoms with van der Waals surface area (Å²) in [4.78, 5) is 33.2. The predicted molar refractivity (Wildman–Crippen MR) is 158 cm³/mol. The highest BCUT2D eigenvalue weighted by atomic mass is 16.2. The van der Waals surface area contributed by atoms with Crippen molar-refractivity contribution in [1.29, 1.82) is 0 Å². The van der Waals surface area contributed by atoms with Crippen molar-refractivity contribution in [3.8, 4) is 0 Å². The summed E-state index contributed by atoms with van der Waals surface area (Å²) in [5.41, 5.74) is 21.6. The lowest BCUT2D eigenvalue weighted by molar-refractivity contribution is 0.0951. The van der Waals surface area contributed by atoms with Crippen molar-refractivity contribution < 1.29 is 9.59 Å². The fourth-order valence-electron chi connectivity index (χ4n) is 4.00. The van der Waals surface area contributed by atoms with E-state index in [2.05, 4.69) is 25.9 Å². The van der Waals surface area contributed by atoms with Crippen LogP contribution in [0.3, 0.4) is 0 Å². The van der Waals surface area contributed by atoms with Crippen molar-refractivity contribution in [2.75, 3.05) is 0 Å². The Morgan fingerprint density at radius 3 is 1.88 bits per heavy atom. The van der Waals surface area contributed by atoms with Crippen molar-refractivity contribution in [2.24, 2.45) is 27.2 Å². The first-order chi connectivity index (χ1) is 19.4. The number of hydrogen-bond donors (Lipinski definition) is 6. The summed E-state index contributed by atoms with van der Waals surface area (Å²) in [6.07, 6.45) is 0. The number of nitrogens with two attached hydrogens (primary N) is 3. The average molecular weight is 537 g/mol. The molecule has 9 N–H and O–H groups in total. The topological polar surface area (TPSA) is 173 Å². The van der Waals surface area contributed by atoms with Gasteiger partial charge in [-0.05, 0) is 45.2 Å². The third-order valence-electron chi connectivity index (χ3n) is 6.03. The lowest BCUT2D eigenvalue weighted by atomic mass is 10.1. The minimum Gasteiger partial charge on any atom is -0.370 e. The van der Waals surface area contributed by atoms with Crippen molar-refractivity contribution >= 4 is 34.6 Å². The Kier molecular flexibility index (Phi) is 9.41. The number of amides is 3. The Labute approximate surface area is 232 Å². The molecule has 0 aromatic heterocycles. The molecule has 0 aliphatic carbocycles. The maximum absolute atomic E-state index is 12.7. The van der Waals surface area contributed by atoms with Gasteiger partial charge in [0.05, 0.1) is 13.1 Å². The Morgan fingerprint density at radius 1 is 0.650 bits per heavy atom. The number of rotatable bonds is 8. The standard InChI is InChI=1S/C30H32N8O2/c31-16-20-5-3-6-21(13-20)18-35-28(32)37-30(40)38-29(33)36-19-23-8-4-7-22(14-23)17-34-27(39)26-12-11-24-9-1-2-10-25(24)15-26/h1-15H,16-19,31H2,(H,34,39)(H6,32,33,35,36,37,38,40). The Hall–Kier alpha value is -5.22. The van der Waals surface area contributed by atoms with Crippen LogP contribution in [0, 0.1) is 0 Å². The minimum absolute atomic E-state index is 0.0538. The lowest BCUT2D eigenvalue weighted by Crippen LogP contribution is -2.48. The number of carbonyl (C=O) groups excluding carboxylic acids is 2. The van der Waals surface area contributed by atoms with Gasteiger partial charge in [0.15, 0.2) is 11.9 Å². The fourth-order valence-corrected chi connectivity index (χ4v) is 4.00. The Bertz CT molecular complexity index is 1560. The number of nitrogens with one attached hydrogen (secondary N) is 3. The quantitative estimate of drug-likeness (QED) is 0.150. The zero-order chi connectivity index (χ0) is 28.3. The molecular formula is C30H32N8O2. The van der Waals surface area contributed by atoms with Crippen LogP contribution in [0.15, 0.2) is 101 Å². The van der Waals surface area contributed by atoms with Gasteiger partial charge in [0.2, 0.25) is 0 Å². The molecule has 4 aromatic carbocycles. The van der Waals surface area contributed by atoms with Crippen LogP contribution in [0.1, 0.15) is 32.6 Å². The van der Waals surface area contributed by atoms with Gasteiger partial charge in [0, 0.05) is 18.7 Å². The van der Waals surface area contributed by atoms with Gasteiger partial charge in [-0.1, -0.05) is 78.9 Å². The van der Waals surface area contributed by atoms with Gasteiger partial charge in [0.1, 0.15) is 0 Å². The molecule has 4 rings (SSSR count). The normalized spacial score (nSPS) is 11.7. The molecule has 0 radical (unpaired) electrons. The van der Waals surface area contributed by atoms with Crippen LogP contribution in [0.2, 0.25) is 0 Å². The summed E-state index contributed by atoms with van der Waals surface area (Å²) in [6.45, 7) is 1.32. The molecule has 40 heavy (non-hydrogen) atoms. The van der Waals surface area contributed by atoms with Crippen LogP contribution in [0.25, 0.3) is 10.8 Å². The molecule has 0 saturated heterocycles. The second-order valence-corrected chi connectivity index (χ2v) is 9.07. The highest BCUT2D eigenvalue weighted by molar-refractivity contribution is 6.03. The van der Waals surface area contributed by atoms with Gasteiger partial charge in [-0.2, -0.15) is 0 Å². The van der Waals surface area contributed by atoms with E-state index < -0.39 is 6.03 Å². The first-order valence-electron chi connectivity index (χ1n) is 12.7. The van der Waals surface area contributed by atoms with E-state index in [0.29, 0.717) is 25.2 Å². The summed E-state index contributed by atoms with van der Waals surface area (Å²) in [6, 6.07) is 28.1. The third-order valence-corrected chi connectivity index (χ3v) is 6.03. The second kappa shape index (κ2) is 13.5. The zero-order valence-corrected chi connectivity index (χ0v) is 21.9. The van der Waals surface area contributed by atoms with Gasteiger partial charge in [0.25, 0.3) is 5.91 Å². The zero-order valence-electron chi connectivity index (χ0n) is 21.9. The van der Waals surface area contributed by atoms with E-state index in [4.69, 9.17) is 17.2 Å². The molecule has 0 saturated carbocycles. The highest BCUT2D eigenvalue weighted by Gasteiger charge is 2.07. The summed E-state index contributed by atoms with van der Waals surface area (Å²) in [5.74, 6) is -0.279. The molecule has 0 fully saturated rings. The molecule has 0 atom stereocenters. The van der Waals surface area contributed by atoms with E-state index >= 15 is 0 Å². The molecule has 204 valence electrons. The van der Waals surface area contributed by atoms with Crippen molar-refractivity contribution in [2.45, 2.75) is 26.2 Å². The molecule has 10 nitrogen and oxygen atoms in total. The van der Waals surface area contributed by atoms with Crippen LogP contribution >= 0.6 is 0 Å². The number of benzene rings is 4. The van der Waals surface area contributed by atoms with E-state index in [1.165, 1.54) is 0 Å². The third kappa shape index (κ3) is 8.14. The SMILES string of the molecule is NCc1cccc(CN=C(N)NC(=O)NC(N)=NCc2cccc(CNC(=O)c3ccc4ccccc4c3)c2)c1. The summed E-state index contributed by atoms with van der Waals surface area (Å²) in [5, 5.41) is 9.89. The summed E-state index contributed by atoms with van der Waals surface area (Å²) < 4.78 is 0. The minimum atomic E-state index is -0.650. The molecule has 0 aliphatic rings. The van der Waals surface area contributed by atoms with Gasteiger partial charge >= 0.3 is 6.03 Å².